The lowest BCUT2D eigenvalue weighted by molar-refractivity contribution is 0.177. The van der Waals surface area contributed by atoms with Gasteiger partial charge in [-0.1, -0.05) is 22.0 Å². The van der Waals surface area contributed by atoms with E-state index >= 15 is 0 Å². The maximum Gasteiger partial charge on any atom is 0.0522 e. The first-order valence-corrected chi connectivity index (χ1v) is 6.70. The van der Waals surface area contributed by atoms with Gasteiger partial charge < -0.3 is 10.2 Å². The second-order valence-corrected chi connectivity index (χ2v) is 6.25. The van der Waals surface area contributed by atoms with Gasteiger partial charge in [0, 0.05) is 10.0 Å². The fourth-order valence-electron chi connectivity index (χ4n) is 2.36. The summed E-state index contributed by atoms with van der Waals surface area (Å²) in [7, 11) is 6.28. The number of nitrogens with zero attached hydrogens (tertiary/aromatic N) is 1. The van der Waals surface area contributed by atoms with Gasteiger partial charge in [0.15, 0.2) is 0 Å². The number of hydrogen-bond acceptors (Lipinski definition) is 2. The molecule has 2 nitrogen and oxygen atoms in total. The van der Waals surface area contributed by atoms with Crippen molar-refractivity contribution in [3.05, 3.63) is 33.8 Å². The Hall–Kier alpha value is -0.380. The van der Waals surface area contributed by atoms with E-state index in [2.05, 4.69) is 79.2 Å². The van der Waals surface area contributed by atoms with Crippen LogP contribution < -0.4 is 5.32 Å². The van der Waals surface area contributed by atoms with Crippen LogP contribution in [0.2, 0.25) is 0 Å². The van der Waals surface area contributed by atoms with E-state index in [9.17, 15) is 0 Å². The maximum absolute atomic E-state index is 3.56. The van der Waals surface area contributed by atoms with Gasteiger partial charge in [-0.2, -0.15) is 0 Å². The van der Waals surface area contributed by atoms with Crippen molar-refractivity contribution in [1.29, 1.82) is 0 Å². The number of aryl methyl sites for hydroxylation is 1. The fourth-order valence-corrected chi connectivity index (χ4v) is 2.73. The molecule has 0 fully saturated rings. The third kappa shape index (κ3) is 3.30. The topological polar surface area (TPSA) is 15.3 Å². The molecule has 0 saturated carbocycles. The number of likely N-dealkylation sites (N-methyl/N-ethyl adjacent to an activating group) is 2. The van der Waals surface area contributed by atoms with E-state index in [1.807, 2.05) is 7.05 Å². The van der Waals surface area contributed by atoms with Crippen LogP contribution in [-0.4, -0.2) is 31.6 Å². The molecule has 1 aromatic carbocycles. The molecule has 0 radical (unpaired) electrons. The molecule has 1 unspecified atom stereocenters. The van der Waals surface area contributed by atoms with E-state index in [0.717, 1.165) is 4.47 Å². The largest absolute Gasteiger partial charge is 0.313 e. The van der Waals surface area contributed by atoms with Crippen LogP contribution in [0.25, 0.3) is 0 Å². The van der Waals surface area contributed by atoms with Gasteiger partial charge in [0.25, 0.3) is 0 Å². The average molecular weight is 299 g/mol. The Labute approximate surface area is 114 Å². The lowest BCUT2D eigenvalue weighted by atomic mass is 9.86. The summed E-state index contributed by atoms with van der Waals surface area (Å²) in [5.74, 6) is 0. The Morgan fingerprint density at radius 3 is 2.35 bits per heavy atom. The molecule has 96 valence electrons. The van der Waals surface area contributed by atoms with Crippen molar-refractivity contribution in [2.75, 3.05) is 21.1 Å². The molecule has 1 atom stereocenters. The Morgan fingerprint density at radius 2 is 1.88 bits per heavy atom. The zero-order chi connectivity index (χ0) is 13.2. The minimum Gasteiger partial charge on any atom is -0.313 e. The smallest absolute Gasteiger partial charge is 0.0522 e. The third-order valence-electron chi connectivity index (χ3n) is 3.38. The first-order chi connectivity index (χ1) is 7.79. The Bertz CT molecular complexity index is 386. The highest BCUT2D eigenvalue weighted by atomic mass is 79.9. The van der Waals surface area contributed by atoms with Crippen molar-refractivity contribution >= 4 is 15.9 Å². The maximum atomic E-state index is 3.56. The highest BCUT2D eigenvalue weighted by Gasteiger charge is 2.31. The van der Waals surface area contributed by atoms with E-state index in [4.69, 9.17) is 0 Å². The number of rotatable bonds is 4. The van der Waals surface area contributed by atoms with Crippen molar-refractivity contribution in [3.63, 3.8) is 0 Å². The van der Waals surface area contributed by atoms with Gasteiger partial charge in [0.2, 0.25) is 0 Å². The van der Waals surface area contributed by atoms with Gasteiger partial charge in [-0.25, -0.2) is 0 Å². The molecule has 1 aromatic rings. The first-order valence-electron chi connectivity index (χ1n) is 5.91. The molecular weight excluding hydrogens is 276 g/mol. The molecule has 0 aliphatic heterocycles. The minimum absolute atomic E-state index is 0.0229. The van der Waals surface area contributed by atoms with Crippen molar-refractivity contribution in [1.82, 2.24) is 10.2 Å². The summed E-state index contributed by atoms with van der Waals surface area (Å²) in [4.78, 5) is 2.27. The van der Waals surface area contributed by atoms with Crippen molar-refractivity contribution < 1.29 is 0 Å². The summed E-state index contributed by atoms with van der Waals surface area (Å²) in [5.41, 5.74) is 2.72. The average Bonchev–Trinajstić information content (AvgIpc) is 2.22. The number of hydrogen-bond donors (Lipinski definition) is 1. The molecule has 1 rings (SSSR count). The molecule has 0 spiro atoms. The van der Waals surface area contributed by atoms with E-state index in [1.165, 1.54) is 11.1 Å². The predicted molar refractivity (Wildman–Crippen MR) is 78.4 cm³/mol. The van der Waals surface area contributed by atoms with Gasteiger partial charge >= 0.3 is 0 Å². The molecule has 0 aliphatic rings. The van der Waals surface area contributed by atoms with Crippen LogP contribution in [0.5, 0.6) is 0 Å². The predicted octanol–water partition coefficient (Wildman–Crippen LogP) is 3.36. The highest BCUT2D eigenvalue weighted by Crippen LogP contribution is 2.33. The molecule has 0 aromatic heterocycles. The van der Waals surface area contributed by atoms with Gasteiger partial charge in [-0.3, -0.25) is 0 Å². The van der Waals surface area contributed by atoms with Gasteiger partial charge in [-0.15, -0.1) is 0 Å². The van der Waals surface area contributed by atoms with Crippen molar-refractivity contribution in [2.45, 2.75) is 32.4 Å². The molecule has 0 aliphatic carbocycles. The lowest BCUT2D eigenvalue weighted by Crippen LogP contribution is -2.48. The summed E-state index contributed by atoms with van der Waals surface area (Å²) < 4.78 is 1.14. The molecule has 3 heteroatoms. The summed E-state index contributed by atoms with van der Waals surface area (Å²) >= 11 is 3.56. The summed E-state index contributed by atoms with van der Waals surface area (Å²) in [6.07, 6.45) is 0. The Balaban J connectivity index is 3.28. The second-order valence-electron chi connectivity index (χ2n) is 5.34. The summed E-state index contributed by atoms with van der Waals surface area (Å²) in [6.45, 7) is 6.64. The zero-order valence-electron chi connectivity index (χ0n) is 11.6. The molecule has 0 saturated heterocycles. The van der Waals surface area contributed by atoms with E-state index in [-0.39, 0.29) is 5.54 Å². The molecular formula is C14H23BrN2. The van der Waals surface area contributed by atoms with E-state index in [1.54, 1.807) is 0 Å². The first kappa shape index (κ1) is 14.7. The minimum atomic E-state index is 0.0229. The van der Waals surface area contributed by atoms with Crippen LogP contribution in [0.4, 0.5) is 0 Å². The normalized spacial score (nSPS) is 14.1. The molecule has 0 heterocycles. The van der Waals surface area contributed by atoms with Crippen LogP contribution in [0.1, 0.15) is 31.0 Å². The van der Waals surface area contributed by atoms with Gasteiger partial charge in [-0.05, 0) is 65.2 Å². The lowest BCUT2D eigenvalue weighted by Gasteiger charge is -2.40. The third-order valence-corrected chi connectivity index (χ3v) is 3.87. The summed E-state index contributed by atoms with van der Waals surface area (Å²) in [5, 5.41) is 3.41. The second kappa shape index (κ2) is 5.51. The van der Waals surface area contributed by atoms with Crippen LogP contribution in [0.15, 0.2) is 22.7 Å². The van der Waals surface area contributed by atoms with Gasteiger partial charge in [0.1, 0.15) is 0 Å². The highest BCUT2D eigenvalue weighted by molar-refractivity contribution is 9.10. The SMILES string of the molecule is CNC(C)(C)C(c1cc(Br)ccc1C)N(C)C. The monoisotopic (exact) mass is 298 g/mol. The Morgan fingerprint density at radius 1 is 1.29 bits per heavy atom. The number of halogens is 1. The van der Waals surface area contributed by atoms with Crippen LogP contribution >= 0.6 is 15.9 Å². The number of nitrogens with one attached hydrogen (secondary N) is 1. The van der Waals surface area contributed by atoms with Crippen molar-refractivity contribution in [3.8, 4) is 0 Å². The summed E-state index contributed by atoms with van der Waals surface area (Å²) in [6, 6.07) is 6.82. The molecule has 0 amide bonds. The molecule has 0 bridgehead atoms. The Kier molecular flexibility index (Phi) is 4.76. The number of benzene rings is 1. The van der Waals surface area contributed by atoms with E-state index in [0.29, 0.717) is 6.04 Å². The fraction of sp³-hybridized carbons (Fsp3) is 0.571. The van der Waals surface area contributed by atoms with Crippen molar-refractivity contribution in [2.24, 2.45) is 0 Å². The quantitative estimate of drug-likeness (QED) is 0.917. The van der Waals surface area contributed by atoms with Crippen LogP contribution in [-0.2, 0) is 0 Å². The molecule has 17 heavy (non-hydrogen) atoms. The molecule has 1 N–H and O–H groups in total. The van der Waals surface area contributed by atoms with E-state index < -0.39 is 0 Å². The standard InChI is InChI=1S/C14H23BrN2/c1-10-7-8-11(15)9-12(10)13(17(5)6)14(2,3)16-4/h7-9,13,16H,1-6H3. The van der Waals surface area contributed by atoms with Crippen LogP contribution in [0.3, 0.4) is 0 Å². The van der Waals surface area contributed by atoms with Gasteiger partial charge in [0.05, 0.1) is 6.04 Å². The van der Waals surface area contributed by atoms with Crippen LogP contribution in [0, 0.1) is 6.92 Å². The zero-order valence-corrected chi connectivity index (χ0v) is 13.2.